The molecule has 7 bridgehead atoms. The smallest absolute Gasteiger partial charge is 0.100 e. The fraction of sp³-hybridized carbons (Fsp3) is 0.412. The highest BCUT2D eigenvalue weighted by molar-refractivity contribution is 6.29. The van der Waals surface area contributed by atoms with Crippen molar-refractivity contribution in [2.45, 2.75) is 75.4 Å². The number of fused-ring (bicyclic) bond motifs is 13. The Morgan fingerprint density at radius 2 is 0.944 bits per heavy atom. The number of hydrogen-bond donors (Lipinski definition) is 0. The van der Waals surface area contributed by atoms with Crippen molar-refractivity contribution in [3.05, 3.63) is 120 Å². The van der Waals surface area contributed by atoms with Crippen LogP contribution >= 0.6 is 0 Å². The number of ether oxygens (including phenoxy) is 1. The summed E-state index contributed by atoms with van der Waals surface area (Å²) in [5.74, 6) is 6.41. The van der Waals surface area contributed by atoms with Crippen molar-refractivity contribution in [2.24, 2.45) is 52.8 Å². The summed E-state index contributed by atoms with van der Waals surface area (Å²) in [6.45, 7) is 0. The topological polar surface area (TPSA) is 19.1 Å². The minimum atomic E-state index is -0.126. The van der Waals surface area contributed by atoms with Gasteiger partial charge in [0.1, 0.15) is 11.2 Å². The molecule has 2 aromatic heterocycles. The molecule has 4 atom stereocenters. The Hall–Kier alpha value is -4.34. The third-order valence-electron chi connectivity index (χ3n) is 18.1. The Labute approximate surface area is 316 Å². The Kier molecular flexibility index (Phi) is 5.03. The largest absolute Gasteiger partial charge is 0.358 e. The first-order valence-corrected chi connectivity index (χ1v) is 21.5. The van der Waals surface area contributed by atoms with Crippen LogP contribution in [0.25, 0.3) is 55.0 Å². The molecule has 1 aliphatic heterocycles. The highest BCUT2D eigenvalue weighted by Gasteiger charge is 2.78. The molecule has 0 amide bonds. The van der Waals surface area contributed by atoms with E-state index >= 15 is 0 Å². The maximum absolute atomic E-state index is 8.46. The van der Waals surface area contributed by atoms with E-state index in [1.54, 1.807) is 11.1 Å². The summed E-state index contributed by atoms with van der Waals surface area (Å²) in [4.78, 5) is 0. The molecule has 0 N–H and O–H groups in total. The second kappa shape index (κ2) is 9.36. The van der Waals surface area contributed by atoms with Crippen molar-refractivity contribution in [2.75, 3.05) is 0 Å². The summed E-state index contributed by atoms with van der Waals surface area (Å²) in [5.41, 5.74) is 11.4. The summed E-state index contributed by atoms with van der Waals surface area (Å²) in [6, 6.07) is 41.8. The van der Waals surface area contributed by atoms with E-state index in [9.17, 15) is 0 Å². The predicted octanol–water partition coefficient (Wildman–Crippen LogP) is 12.2. The lowest BCUT2D eigenvalue weighted by Gasteiger charge is -2.61. The molecule has 9 aliphatic rings. The lowest BCUT2D eigenvalue weighted by atomic mass is 9.48. The van der Waals surface area contributed by atoms with Crippen molar-refractivity contribution in [3.63, 3.8) is 0 Å². The van der Waals surface area contributed by atoms with E-state index in [-0.39, 0.29) is 11.2 Å². The highest BCUT2D eigenvalue weighted by atomic mass is 16.5. The molecule has 0 saturated heterocycles. The molecule has 7 aromatic rings. The minimum Gasteiger partial charge on any atom is -0.358 e. The molecular formula is C51H46N2O. The van der Waals surface area contributed by atoms with Crippen LogP contribution in [0.3, 0.4) is 0 Å². The summed E-state index contributed by atoms with van der Waals surface area (Å²) < 4.78 is 13.6. The van der Waals surface area contributed by atoms with Crippen molar-refractivity contribution >= 4 is 43.6 Å². The summed E-state index contributed by atoms with van der Waals surface area (Å²) >= 11 is 0. The third kappa shape index (κ3) is 3.08. The van der Waals surface area contributed by atoms with Gasteiger partial charge in [0.25, 0.3) is 0 Å². The molecule has 3 nitrogen and oxygen atoms in total. The number of benzene rings is 5. The molecule has 8 fully saturated rings. The average molecular weight is 703 g/mol. The fourth-order valence-electron chi connectivity index (χ4n) is 16.6. The van der Waals surface area contributed by atoms with Gasteiger partial charge in [0.2, 0.25) is 0 Å². The van der Waals surface area contributed by atoms with Crippen molar-refractivity contribution in [1.29, 1.82) is 0 Å². The Balaban J connectivity index is 1.10. The SMILES string of the molecule is c1ccc(-n2c3ccccc3c3c4c5cc6c(cc5n(-c5ccccc5)c4ccc32)C2(OC63C4CC5CC6CC3CC56C4)C3CC4CC(C3)CC2C4)cc1. The quantitative estimate of drug-likeness (QED) is 0.175. The van der Waals surface area contributed by atoms with Crippen molar-refractivity contribution in [3.8, 4) is 11.4 Å². The van der Waals surface area contributed by atoms with E-state index in [0.717, 1.165) is 23.7 Å². The first-order valence-electron chi connectivity index (χ1n) is 21.5. The molecule has 0 radical (unpaired) electrons. The maximum atomic E-state index is 8.46. The van der Waals surface area contributed by atoms with Gasteiger partial charge in [-0.25, -0.2) is 0 Å². The minimum absolute atomic E-state index is 0.122. The molecular weight excluding hydrogens is 657 g/mol. The normalized spacial score (nSPS) is 38.9. The van der Waals surface area contributed by atoms with E-state index < -0.39 is 0 Å². The van der Waals surface area contributed by atoms with Gasteiger partial charge < -0.3 is 13.9 Å². The van der Waals surface area contributed by atoms with E-state index in [1.165, 1.54) is 119 Å². The average Bonchev–Trinajstić information content (AvgIpc) is 3.94. The van der Waals surface area contributed by atoms with Crippen LogP contribution in [-0.2, 0) is 15.9 Å². The number of hydrogen-bond acceptors (Lipinski definition) is 1. The molecule has 3 heteroatoms. The van der Waals surface area contributed by atoms with E-state index in [1.807, 2.05) is 0 Å². The summed E-state index contributed by atoms with van der Waals surface area (Å²) in [6.07, 6.45) is 14.2. The van der Waals surface area contributed by atoms with Gasteiger partial charge in [0.15, 0.2) is 0 Å². The monoisotopic (exact) mass is 702 g/mol. The maximum Gasteiger partial charge on any atom is 0.100 e. The van der Waals surface area contributed by atoms with Gasteiger partial charge >= 0.3 is 0 Å². The van der Waals surface area contributed by atoms with Gasteiger partial charge in [-0.15, -0.1) is 0 Å². The first kappa shape index (κ1) is 29.0. The van der Waals surface area contributed by atoms with E-state index in [2.05, 4.69) is 118 Å². The van der Waals surface area contributed by atoms with Gasteiger partial charge in [-0.2, -0.15) is 0 Å². The van der Waals surface area contributed by atoms with Crippen molar-refractivity contribution in [1.82, 2.24) is 9.13 Å². The molecule has 3 heterocycles. The molecule has 266 valence electrons. The Bertz CT molecular complexity index is 2730. The van der Waals surface area contributed by atoms with Gasteiger partial charge in [0, 0.05) is 32.9 Å². The molecule has 5 aromatic carbocycles. The van der Waals surface area contributed by atoms with Crippen LogP contribution in [0.15, 0.2) is 109 Å². The van der Waals surface area contributed by atoms with Crippen LogP contribution in [0.5, 0.6) is 0 Å². The van der Waals surface area contributed by atoms with Gasteiger partial charge in [-0.3, -0.25) is 0 Å². The van der Waals surface area contributed by atoms with E-state index in [4.69, 9.17) is 4.74 Å². The van der Waals surface area contributed by atoms with Crippen LogP contribution in [0.2, 0.25) is 0 Å². The lowest BCUT2D eigenvalue weighted by Crippen LogP contribution is -2.57. The molecule has 16 rings (SSSR count). The van der Waals surface area contributed by atoms with Crippen LogP contribution in [-0.4, -0.2) is 9.13 Å². The van der Waals surface area contributed by atoms with Crippen LogP contribution in [0, 0.1) is 52.8 Å². The van der Waals surface area contributed by atoms with Gasteiger partial charge in [0.05, 0.1) is 22.1 Å². The zero-order chi connectivity index (χ0) is 34.7. The Morgan fingerprint density at radius 3 is 1.59 bits per heavy atom. The molecule has 54 heavy (non-hydrogen) atoms. The predicted molar refractivity (Wildman–Crippen MR) is 216 cm³/mol. The summed E-state index contributed by atoms with van der Waals surface area (Å²) in [7, 11) is 0. The Morgan fingerprint density at radius 1 is 0.426 bits per heavy atom. The zero-order valence-electron chi connectivity index (χ0n) is 30.9. The number of aromatic nitrogens is 2. The number of para-hydroxylation sites is 3. The van der Waals surface area contributed by atoms with Gasteiger partial charge in [-0.05, 0) is 183 Å². The van der Waals surface area contributed by atoms with Crippen molar-refractivity contribution < 1.29 is 4.74 Å². The van der Waals surface area contributed by atoms with Gasteiger partial charge in [-0.1, -0.05) is 54.6 Å². The van der Waals surface area contributed by atoms with Crippen LogP contribution in [0.4, 0.5) is 0 Å². The molecule has 8 saturated carbocycles. The fourth-order valence-corrected chi connectivity index (χ4v) is 16.6. The molecule has 8 aliphatic carbocycles. The number of nitrogens with zero attached hydrogens (tertiary/aromatic N) is 2. The summed E-state index contributed by atoms with van der Waals surface area (Å²) in [5, 5.41) is 5.56. The first-order chi connectivity index (χ1) is 26.6. The molecule has 3 spiro atoms. The van der Waals surface area contributed by atoms with Crippen LogP contribution < -0.4 is 0 Å². The third-order valence-corrected chi connectivity index (χ3v) is 18.1. The second-order valence-corrected chi connectivity index (χ2v) is 19.8. The number of rotatable bonds is 2. The van der Waals surface area contributed by atoms with E-state index in [0.29, 0.717) is 29.1 Å². The standard InChI is InChI=1S/C51H46N2O/c1-3-9-37(10-4-1)52-43-14-8-7-13-39(43)47-44(52)15-16-45-48(47)40-25-41-42(26-46(40)53(45)38-11-5-2-6-12-38)50(33-18-29-17-30(20-33)21-34(50)19-29)54-51(41)35-23-31-22-32-24-36(51)28-49(31,32)27-35/h1-16,25-26,29-36H,17-24,27-28H2. The molecule has 4 unspecified atom stereocenters. The van der Waals surface area contributed by atoms with Crippen LogP contribution in [0.1, 0.15) is 75.3 Å². The highest BCUT2D eigenvalue weighted by Crippen LogP contribution is 2.83. The zero-order valence-corrected chi connectivity index (χ0v) is 30.9. The second-order valence-electron chi connectivity index (χ2n) is 19.8. The lowest BCUT2D eigenvalue weighted by molar-refractivity contribution is -0.281.